The number of hydrogen-bond donors (Lipinski definition) is 2. The van der Waals surface area contributed by atoms with Gasteiger partial charge in [-0.3, -0.25) is 9.59 Å². The van der Waals surface area contributed by atoms with Crippen LogP contribution in [0.2, 0.25) is 10.0 Å². The number of nitrogens with one attached hydrogen (secondary N) is 2. The summed E-state index contributed by atoms with van der Waals surface area (Å²) in [6.07, 6.45) is 1.48. The van der Waals surface area contributed by atoms with Gasteiger partial charge in [0.1, 0.15) is 11.5 Å². The largest absolute Gasteiger partial charge is 0.494 e. The second-order valence-corrected chi connectivity index (χ2v) is 7.51. The minimum absolute atomic E-state index is 0.139. The van der Waals surface area contributed by atoms with Crippen LogP contribution in [0.3, 0.4) is 0 Å². The van der Waals surface area contributed by atoms with Crippen LogP contribution in [0.1, 0.15) is 22.8 Å². The zero-order valence-electron chi connectivity index (χ0n) is 17.7. The van der Waals surface area contributed by atoms with E-state index >= 15 is 0 Å². The number of nitrogens with zero attached hydrogens (tertiary/aromatic N) is 1. The zero-order valence-corrected chi connectivity index (χ0v) is 19.2. The van der Waals surface area contributed by atoms with Crippen LogP contribution in [0, 0.1) is 0 Å². The molecule has 7 nitrogen and oxygen atoms in total. The molecule has 0 atom stereocenters. The number of rotatable bonds is 9. The van der Waals surface area contributed by atoms with Crippen LogP contribution in [0.25, 0.3) is 0 Å². The van der Waals surface area contributed by atoms with Crippen LogP contribution in [0.15, 0.2) is 71.8 Å². The van der Waals surface area contributed by atoms with Crippen molar-refractivity contribution in [3.05, 3.63) is 87.9 Å². The molecule has 0 aliphatic rings. The Kier molecular flexibility index (Phi) is 8.69. The molecule has 0 aromatic heterocycles. The van der Waals surface area contributed by atoms with Crippen LogP contribution in [-0.4, -0.2) is 31.2 Å². The Morgan fingerprint density at radius 3 is 2.24 bits per heavy atom. The maximum absolute atomic E-state index is 12.1. The highest BCUT2D eigenvalue weighted by Gasteiger charge is 2.07. The van der Waals surface area contributed by atoms with E-state index in [0.29, 0.717) is 28.6 Å². The first kappa shape index (κ1) is 24.1. The normalized spacial score (nSPS) is 10.6. The van der Waals surface area contributed by atoms with Gasteiger partial charge < -0.3 is 14.8 Å². The number of ether oxygens (including phenoxy) is 2. The lowest BCUT2D eigenvalue weighted by molar-refractivity contribution is -0.118. The monoisotopic (exact) mass is 485 g/mol. The number of carbonyl (C=O) groups excluding carboxylic acids is 2. The minimum atomic E-state index is -0.414. The van der Waals surface area contributed by atoms with Crippen LogP contribution in [-0.2, 0) is 4.79 Å². The lowest BCUT2D eigenvalue weighted by Crippen LogP contribution is -2.20. The number of amides is 2. The Bertz CT molecular complexity index is 1130. The lowest BCUT2D eigenvalue weighted by Gasteiger charge is -2.09. The third kappa shape index (κ3) is 7.52. The Morgan fingerprint density at radius 2 is 1.58 bits per heavy atom. The van der Waals surface area contributed by atoms with Gasteiger partial charge >= 0.3 is 0 Å². The predicted octanol–water partition coefficient (Wildman–Crippen LogP) is 5.17. The molecule has 0 unspecified atom stereocenters. The summed E-state index contributed by atoms with van der Waals surface area (Å²) in [5.41, 5.74) is 4.15. The van der Waals surface area contributed by atoms with E-state index in [-0.39, 0.29) is 17.5 Å². The van der Waals surface area contributed by atoms with Gasteiger partial charge in [-0.1, -0.05) is 23.2 Å². The second kappa shape index (κ2) is 11.9. The van der Waals surface area contributed by atoms with Crippen molar-refractivity contribution in [1.82, 2.24) is 5.43 Å². The van der Waals surface area contributed by atoms with Crippen molar-refractivity contribution in [2.45, 2.75) is 6.92 Å². The van der Waals surface area contributed by atoms with E-state index in [2.05, 4.69) is 15.8 Å². The molecule has 0 fully saturated rings. The van der Waals surface area contributed by atoms with E-state index < -0.39 is 5.91 Å². The molecule has 0 aliphatic heterocycles. The maximum atomic E-state index is 12.1. The number of halogens is 2. The summed E-state index contributed by atoms with van der Waals surface area (Å²) < 4.78 is 10.9. The minimum Gasteiger partial charge on any atom is -0.494 e. The Labute approximate surface area is 201 Å². The van der Waals surface area contributed by atoms with Gasteiger partial charge in [0, 0.05) is 11.3 Å². The highest BCUT2D eigenvalue weighted by Crippen LogP contribution is 2.22. The van der Waals surface area contributed by atoms with Gasteiger partial charge in [0.15, 0.2) is 6.61 Å². The van der Waals surface area contributed by atoms with Crippen molar-refractivity contribution in [2.75, 3.05) is 18.5 Å². The molecule has 0 heterocycles. The molecule has 2 N–H and O–H groups in total. The van der Waals surface area contributed by atoms with E-state index in [1.807, 2.05) is 6.92 Å². The average molecular weight is 486 g/mol. The van der Waals surface area contributed by atoms with Crippen LogP contribution in [0.4, 0.5) is 5.69 Å². The predicted molar refractivity (Wildman–Crippen MR) is 130 cm³/mol. The molecule has 9 heteroatoms. The zero-order chi connectivity index (χ0) is 23.6. The van der Waals surface area contributed by atoms with Crippen molar-refractivity contribution in [3.8, 4) is 11.5 Å². The Morgan fingerprint density at radius 1 is 0.909 bits per heavy atom. The van der Waals surface area contributed by atoms with E-state index in [9.17, 15) is 9.59 Å². The van der Waals surface area contributed by atoms with Gasteiger partial charge in [-0.25, -0.2) is 5.43 Å². The molecular formula is C24H21Cl2N3O4. The molecule has 0 saturated carbocycles. The molecule has 0 spiro atoms. The summed E-state index contributed by atoms with van der Waals surface area (Å²) in [4.78, 5) is 24.2. The van der Waals surface area contributed by atoms with Gasteiger partial charge in [-0.05, 0) is 79.2 Å². The molecule has 3 aromatic rings. The number of anilines is 1. The SMILES string of the molecule is CCOc1ccc(NC(=O)COc2ccc(/C=N\NC(=O)c3ccc(Cl)c(Cl)c3)cc2)cc1. The fourth-order valence-electron chi connectivity index (χ4n) is 2.66. The maximum Gasteiger partial charge on any atom is 0.271 e. The Hall–Kier alpha value is -3.55. The fourth-order valence-corrected chi connectivity index (χ4v) is 2.96. The lowest BCUT2D eigenvalue weighted by atomic mass is 10.2. The average Bonchev–Trinajstić information content (AvgIpc) is 2.81. The quantitative estimate of drug-likeness (QED) is 0.323. The molecule has 0 aliphatic carbocycles. The van der Waals surface area contributed by atoms with Crippen molar-refractivity contribution < 1.29 is 19.1 Å². The first-order valence-electron chi connectivity index (χ1n) is 9.98. The molecular weight excluding hydrogens is 465 g/mol. The number of carbonyl (C=O) groups is 2. The summed E-state index contributed by atoms with van der Waals surface area (Å²) in [5, 5.41) is 7.34. The highest BCUT2D eigenvalue weighted by molar-refractivity contribution is 6.42. The molecule has 33 heavy (non-hydrogen) atoms. The number of benzene rings is 3. The topological polar surface area (TPSA) is 89.0 Å². The molecule has 0 saturated heterocycles. The van der Waals surface area contributed by atoms with Crippen LogP contribution >= 0.6 is 23.2 Å². The Balaban J connectivity index is 1.45. The summed E-state index contributed by atoms with van der Waals surface area (Å²) in [6.45, 7) is 2.35. The summed E-state index contributed by atoms with van der Waals surface area (Å²) in [6, 6.07) is 18.5. The van der Waals surface area contributed by atoms with E-state index in [1.165, 1.54) is 12.3 Å². The summed E-state index contributed by atoms with van der Waals surface area (Å²) >= 11 is 11.8. The first-order chi connectivity index (χ1) is 15.9. The molecule has 3 rings (SSSR count). The van der Waals surface area contributed by atoms with Crippen molar-refractivity contribution in [3.63, 3.8) is 0 Å². The molecule has 0 radical (unpaired) electrons. The summed E-state index contributed by atoms with van der Waals surface area (Å²) in [7, 11) is 0. The standard InChI is InChI=1S/C24H21Cl2N3O4/c1-2-32-19-10-6-18(7-11-19)28-23(30)15-33-20-8-3-16(4-9-20)14-27-29-24(31)17-5-12-21(25)22(26)13-17/h3-14H,2,15H2,1H3,(H,28,30)(H,29,31)/b27-14-. The highest BCUT2D eigenvalue weighted by atomic mass is 35.5. The van der Waals surface area contributed by atoms with E-state index in [0.717, 1.165) is 11.3 Å². The van der Waals surface area contributed by atoms with Crippen molar-refractivity contribution >= 4 is 46.9 Å². The van der Waals surface area contributed by atoms with Gasteiger partial charge in [0.2, 0.25) is 0 Å². The van der Waals surface area contributed by atoms with Gasteiger partial charge in [0.25, 0.3) is 11.8 Å². The van der Waals surface area contributed by atoms with E-state index in [1.54, 1.807) is 60.7 Å². The molecule has 2 amide bonds. The van der Waals surface area contributed by atoms with Gasteiger partial charge in [0.05, 0.1) is 22.9 Å². The molecule has 3 aromatic carbocycles. The fraction of sp³-hybridized carbons (Fsp3) is 0.125. The molecule has 170 valence electrons. The number of hydrogen-bond acceptors (Lipinski definition) is 5. The summed E-state index contributed by atoms with van der Waals surface area (Å²) in [5.74, 6) is 0.566. The first-order valence-corrected chi connectivity index (χ1v) is 10.7. The van der Waals surface area contributed by atoms with Crippen molar-refractivity contribution in [1.29, 1.82) is 0 Å². The molecule has 0 bridgehead atoms. The van der Waals surface area contributed by atoms with Crippen molar-refractivity contribution in [2.24, 2.45) is 5.10 Å². The van der Waals surface area contributed by atoms with Gasteiger partial charge in [-0.15, -0.1) is 0 Å². The smallest absolute Gasteiger partial charge is 0.271 e. The second-order valence-electron chi connectivity index (χ2n) is 6.69. The van der Waals surface area contributed by atoms with Crippen LogP contribution < -0.4 is 20.2 Å². The third-order valence-corrected chi connectivity index (χ3v) is 5.00. The van der Waals surface area contributed by atoms with E-state index in [4.69, 9.17) is 32.7 Å². The third-order valence-electron chi connectivity index (χ3n) is 4.26. The van der Waals surface area contributed by atoms with Gasteiger partial charge in [-0.2, -0.15) is 5.10 Å². The number of hydrazone groups is 1. The van der Waals surface area contributed by atoms with Crippen LogP contribution in [0.5, 0.6) is 11.5 Å².